The van der Waals surface area contributed by atoms with Crippen molar-refractivity contribution in [3.63, 3.8) is 0 Å². The van der Waals surface area contributed by atoms with E-state index in [2.05, 4.69) is 9.97 Å². The zero-order chi connectivity index (χ0) is 17.8. The molecule has 1 amide bonds. The van der Waals surface area contributed by atoms with E-state index in [4.69, 9.17) is 16.3 Å². The number of halogens is 1. The molecule has 0 radical (unpaired) electrons. The van der Waals surface area contributed by atoms with E-state index in [1.807, 2.05) is 25.1 Å². The highest BCUT2D eigenvalue weighted by atomic mass is 35.5. The summed E-state index contributed by atoms with van der Waals surface area (Å²) in [7, 11) is 0. The van der Waals surface area contributed by atoms with E-state index in [0.29, 0.717) is 29.7 Å². The van der Waals surface area contributed by atoms with Gasteiger partial charge in [-0.1, -0.05) is 24.6 Å². The molecule has 0 spiro atoms. The Kier molecular flexibility index (Phi) is 5.50. The van der Waals surface area contributed by atoms with Crippen LogP contribution in [0.4, 0.5) is 0 Å². The van der Waals surface area contributed by atoms with Gasteiger partial charge in [0.25, 0.3) is 0 Å². The highest BCUT2D eigenvalue weighted by Crippen LogP contribution is 2.33. The number of nitrogens with zero attached hydrogens (tertiary/aromatic N) is 3. The van der Waals surface area contributed by atoms with E-state index in [1.165, 1.54) is 6.33 Å². The van der Waals surface area contributed by atoms with Crippen LogP contribution in [0, 0.1) is 0 Å². The van der Waals surface area contributed by atoms with Crippen molar-refractivity contribution in [1.29, 1.82) is 0 Å². The summed E-state index contributed by atoms with van der Waals surface area (Å²) in [5, 5.41) is 10.1. The lowest BCUT2D eigenvalue weighted by Crippen LogP contribution is -2.17. The van der Waals surface area contributed by atoms with Crippen LogP contribution >= 0.6 is 11.6 Å². The summed E-state index contributed by atoms with van der Waals surface area (Å²) in [6.45, 7) is 3.29. The summed E-state index contributed by atoms with van der Waals surface area (Å²) in [5.41, 5.74) is 2.60. The van der Waals surface area contributed by atoms with Gasteiger partial charge < -0.3 is 14.7 Å². The van der Waals surface area contributed by atoms with Crippen molar-refractivity contribution in [2.45, 2.75) is 32.3 Å². The minimum absolute atomic E-state index is 0.0880. The number of likely N-dealkylation sites (tertiary alicyclic amines) is 1. The van der Waals surface area contributed by atoms with Crippen LogP contribution in [-0.2, 0) is 17.8 Å². The summed E-state index contributed by atoms with van der Waals surface area (Å²) in [6, 6.07) is 5.62. The second-order valence-electron chi connectivity index (χ2n) is 6.01. The number of carbonyl (C=O) groups excluding carboxylic acids is 1. The second-order valence-corrected chi connectivity index (χ2v) is 6.37. The Labute approximate surface area is 151 Å². The van der Waals surface area contributed by atoms with Gasteiger partial charge in [0.05, 0.1) is 12.2 Å². The number of hydrogen-bond donors (Lipinski definition) is 1. The smallest absolute Gasteiger partial charge is 0.226 e. The Bertz CT molecular complexity index is 769. The minimum Gasteiger partial charge on any atom is -0.439 e. The van der Waals surface area contributed by atoms with Crippen LogP contribution in [0.1, 0.15) is 36.0 Å². The van der Waals surface area contributed by atoms with Crippen molar-refractivity contribution in [1.82, 2.24) is 14.9 Å². The third-order valence-electron chi connectivity index (χ3n) is 4.51. The molecular weight excluding hydrogens is 342 g/mol. The van der Waals surface area contributed by atoms with E-state index in [0.717, 1.165) is 36.1 Å². The highest BCUT2D eigenvalue weighted by Gasteiger charge is 2.25. The molecule has 7 heteroatoms. The van der Waals surface area contributed by atoms with E-state index in [9.17, 15) is 9.90 Å². The summed E-state index contributed by atoms with van der Waals surface area (Å²) in [4.78, 5) is 20.8. The molecular formula is C18H20ClN3O3. The first-order valence-corrected chi connectivity index (χ1v) is 8.64. The number of hydrogen-bond acceptors (Lipinski definition) is 5. The van der Waals surface area contributed by atoms with Gasteiger partial charge in [-0.15, -0.1) is 0 Å². The molecule has 2 aromatic rings. The molecule has 0 saturated carbocycles. The number of aliphatic hydroxyl groups is 1. The van der Waals surface area contributed by atoms with Gasteiger partial charge in [0.15, 0.2) is 0 Å². The van der Waals surface area contributed by atoms with Crippen LogP contribution in [0.3, 0.4) is 0 Å². The monoisotopic (exact) mass is 361 g/mol. The molecule has 2 heterocycles. The summed E-state index contributed by atoms with van der Waals surface area (Å²) < 4.78 is 5.87. The van der Waals surface area contributed by atoms with Crippen molar-refractivity contribution < 1.29 is 14.6 Å². The molecule has 1 fully saturated rings. The molecule has 1 unspecified atom stereocenters. The summed E-state index contributed by atoms with van der Waals surface area (Å²) >= 11 is 6.09. The third kappa shape index (κ3) is 3.75. The van der Waals surface area contributed by atoms with Crippen LogP contribution in [0.15, 0.2) is 24.5 Å². The topological polar surface area (TPSA) is 75.6 Å². The lowest BCUT2D eigenvalue weighted by Gasteiger charge is -2.16. The predicted octanol–water partition coefficient (Wildman–Crippen LogP) is 2.92. The maximum Gasteiger partial charge on any atom is 0.226 e. The van der Waals surface area contributed by atoms with E-state index < -0.39 is 0 Å². The fraction of sp³-hybridized carbons (Fsp3) is 0.389. The average Bonchev–Trinajstić information content (AvgIpc) is 3.11. The standard InChI is InChI=1S/C18H20ClN3O3/c1-2-15-17(19)20-10-21-18(15)25-14-3-4-16(13(7-14)9-23)12-5-6-22(8-12)11-24/h3-4,7,10-12,23H,2,5-6,8-9H2,1H3. The molecule has 132 valence electrons. The quantitative estimate of drug-likeness (QED) is 0.632. The first-order chi connectivity index (χ1) is 12.2. The molecule has 1 saturated heterocycles. The molecule has 6 nitrogen and oxygen atoms in total. The Morgan fingerprint density at radius 2 is 2.28 bits per heavy atom. The van der Waals surface area contributed by atoms with Gasteiger partial charge in [-0.2, -0.15) is 0 Å². The van der Waals surface area contributed by atoms with E-state index in [1.54, 1.807) is 4.90 Å². The van der Waals surface area contributed by atoms with Crippen molar-refractivity contribution in [2.24, 2.45) is 0 Å². The van der Waals surface area contributed by atoms with Crippen molar-refractivity contribution in [3.05, 3.63) is 46.4 Å². The average molecular weight is 362 g/mol. The number of benzene rings is 1. The normalized spacial score (nSPS) is 16.9. The molecule has 0 aliphatic carbocycles. The van der Waals surface area contributed by atoms with Gasteiger partial charge in [0.1, 0.15) is 17.2 Å². The highest BCUT2D eigenvalue weighted by molar-refractivity contribution is 6.30. The zero-order valence-corrected chi connectivity index (χ0v) is 14.7. The zero-order valence-electron chi connectivity index (χ0n) is 14.0. The first-order valence-electron chi connectivity index (χ1n) is 8.26. The maximum atomic E-state index is 10.9. The molecule has 0 bridgehead atoms. The molecule has 1 aliphatic rings. The fourth-order valence-corrected chi connectivity index (χ4v) is 3.45. The Balaban J connectivity index is 1.85. The molecule has 1 aromatic heterocycles. The number of aliphatic hydroxyl groups excluding tert-OH is 1. The number of ether oxygens (including phenoxy) is 1. The number of aromatic nitrogens is 2. The Morgan fingerprint density at radius 3 is 2.96 bits per heavy atom. The second kappa shape index (κ2) is 7.80. The van der Waals surface area contributed by atoms with Crippen LogP contribution in [0.2, 0.25) is 5.15 Å². The predicted molar refractivity (Wildman–Crippen MR) is 93.9 cm³/mol. The lowest BCUT2D eigenvalue weighted by atomic mass is 9.93. The van der Waals surface area contributed by atoms with Crippen LogP contribution in [0.5, 0.6) is 11.6 Å². The van der Waals surface area contributed by atoms with Crippen LogP contribution in [-0.4, -0.2) is 39.5 Å². The molecule has 1 atom stereocenters. The third-order valence-corrected chi connectivity index (χ3v) is 4.84. The Morgan fingerprint density at radius 1 is 1.44 bits per heavy atom. The molecule has 1 aliphatic heterocycles. The summed E-state index contributed by atoms with van der Waals surface area (Å²) in [5.74, 6) is 1.25. The van der Waals surface area contributed by atoms with Crippen molar-refractivity contribution in [2.75, 3.05) is 13.1 Å². The maximum absolute atomic E-state index is 10.9. The van der Waals surface area contributed by atoms with Crippen molar-refractivity contribution >= 4 is 18.0 Å². The van der Waals surface area contributed by atoms with Gasteiger partial charge in [-0.25, -0.2) is 9.97 Å². The van der Waals surface area contributed by atoms with Gasteiger partial charge in [-0.05, 0) is 36.1 Å². The first kappa shape index (κ1) is 17.6. The number of carbonyl (C=O) groups is 1. The lowest BCUT2D eigenvalue weighted by molar-refractivity contribution is -0.117. The van der Waals surface area contributed by atoms with Gasteiger partial charge in [-0.3, -0.25) is 4.79 Å². The minimum atomic E-state index is -0.0880. The number of amides is 1. The SMILES string of the molecule is CCc1c(Cl)ncnc1Oc1ccc(C2CCN(C=O)C2)c(CO)c1. The van der Waals surface area contributed by atoms with Gasteiger partial charge in [0, 0.05) is 19.0 Å². The van der Waals surface area contributed by atoms with E-state index >= 15 is 0 Å². The molecule has 25 heavy (non-hydrogen) atoms. The Hall–Kier alpha value is -2.18. The van der Waals surface area contributed by atoms with Crippen LogP contribution in [0.25, 0.3) is 0 Å². The fourth-order valence-electron chi connectivity index (χ4n) is 3.19. The van der Waals surface area contributed by atoms with Gasteiger partial charge in [0.2, 0.25) is 12.3 Å². The summed E-state index contributed by atoms with van der Waals surface area (Å²) in [6.07, 6.45) is 3.79. The van der Waals surface area contributed by atoms with Crippen LogP contribution < -0.4 is 4.74 Å². The largest absolute Gasteiger partial charge is 0.439 e. The van der Waals surface area contributed by atoms with Gasteiger partial charge >= 0.3 is 0 Å². The number of rotatable bonds is 6. The van der Waals surface area contributed by atoms with E-state index in [-0.39, 0.29) is 12.5 Å². The van der Waals surface area contributed by atoms with Crippen molar-refractivity contribution in [3.8, 4) is 11.6 Å². The molecule has 1 N–H and O–H groups in total. The molecule has 1 aromatic carbocycles. The molecule has 3 rings (SSSR count).